The van der Waals surface area contributed by atoms with E-state index in [1.54, 1.807) is 0 Å². The Morgan fingerprint density at radius 3 is 3.00 bits per heavy atom. The van der Waals surface area contributed by atoms with Crippen LogP contribution in [0.4, 0.5) is 0 Å². The van der Waals surface area contributed by atoms with Gasteiger partial charge >= 0.3 is 0 Å². The molecule has 0 bridgehead atoms. The highest BCUT2D eigenvalue weighted by atomic mass is 15.1. The van der Waals surface area contributed by atoms with Crippen LogP contribution in [0.15, 0.2) is 12.2 Å². The van der Waals surface area contributed by atoms with Crippen molar-refractivity contribution in [2.75, 3.05) is 13.2 Å². The van der Waals surface area contributed by atoms with Crippen LogP contribution in [-0.4, -0.2) is 19.3 Å². The Hall–Kier alpha value is -0.340. The van der Waals surface area contributed by atoms with E-state index in [2.05, 4.69) is 22.8 Å². The summed E-state index contributed by atoms with van der Waals surface area (Å²) in [6.07, 6.45) is 7.08. The van der Waals surface area contributed by atoms with Crippen LogP contribution in [0.25, 0.3) is 0 Å². The van der Waals surface area contributed by atoms with Crippen molar-refractivity contribution >= 4 is 0 Å². The third-order valence-corrected chi connectivity index (χ3v) is 2.46. The van der Waals surface area contributed by atoms with Crippen molar-refractivity contribution in [3.05, 3.63) is 12.2 Å². The van der Waals surface area contributed by atoms with Gasteiger partial charge in [-0.3, -0.25) is 0 Å². The third kappa shape index (κ3) is 1.09. The standard InChI is InChI=1S/C8H14N2/c1-2-4-8-7(3-1)5-9-6-10-8/h1-2,7-10H,3-6H2. The minimum atomic E-state index is 0.756. The fourth-order valence-electron chi connectivity index (χ4n) is 1.81. The maximum atomic E-state index is 3.46. The normalized spacial score (nSPS) is 39.2. The first-order valence-electron chi connectivity index (χ1n) is 4.06. The molecule has 2 atom stereocenters. The molecule has 2 nitrogen and oxygen atoms in total. The van der Waals surface area contributed by atoms with E-state index < -0.39 is 0 Å². The Labute approximate surface area is 61.7 Å². The average molecular weight is 138 g/mol. The minimum Gasteiger partial charge on any atom is -0.304 e. The summed E-state index contributed by atoms with van der Waals surface area (Å²) in [5, 5.41) is 6.80. The molecule has 2 aliphatic rings. The van der Waals surface area contributed by atoms with Crippen LogP contribution in [0, 0.1) is 5.92 Å². The van der Waals surface area contributed by atoms with Gasteiger partial charge in [0.1, 0.15) is 0 Å². The monoisotopic (exact) mass is 138 g/mol. The van der Waals surface area contributed by atoms with E-state index in [1.165, 1.54) is 19.4 Å². The van der Waals surface area contributed by atoms with Gasteiger partial charge in [-0.1, -0.05) is 12.2 Å². The second kappa shape index (κ2) is 2.72. The van der Waals surface area contributed by atoms with Crippen molar-refractivity contribution < 1.29 is 0 Å². The fraction of sp³-hybridized carbons (Fsp3) is 0.750. The first kappa shape index (κ1) is 6.38. The van der Waals surface area contributed by atoms with Crippen LogP contribution in [0.5, 0.6) is 0 Å². The number of hydrogen-bond donors (Lipinski definition) is 2. The van der Waals surface area contributed by atoms with Crippen LogP contribution in [0.2, 0.25) is 0 Å². The number of fused-ring (bicyclic) bond motifs is 1. The van der Waals surface area contributed by atoms with Gasteiger partial charge in [0.2, 0.25) is 0 Å². The Balaban J connectivity index is 2.01. The topological polar surface area (TPSA) is 24.1 Å². The molecule has 2 heteroatoms. The maximum absolute atomic E-state index is 3.46. The molecule has 56 valence electrons. The lowest BCUT2D eigenvalue weighted by atomic mass is 9.88. The molecule has 0 spiro atoms. The highest BCUT2D eigenvalue weighted by Crippen LogP contribution is 2.19. The van der Waals surface area contributed by atoms with E-state index in [0.29, 0.717) is 0 Å². The van der Waals surface area contributed by atoms with Crippen molar-refractivity contribution in [3.8, 4) is 0 Å². The summed E-state index contributed by atoms with van der Waals surface area (Å²) in [5.74, 6) is 0.846. The molecule has 10 heavy (non-hydrogen) atoms. The van der Waals surface area contributed by atoms with Gasteiger partial charge in [-0.25, -0.2) is 0 Å². The Morgan fingerprint density at radius 1 is 1.20 bits per heavy atom. The minimum absolute atomic E-state index is 0.756. The summed E-state index contributed by atoms with van der Waals surface area (Å²) in [7, 11) is 0. The summed E-state index contributed by atoms with van der Waals surface area (Å²) in [5.41, 5.74) is 0. The zero-order valence-electron chi connectivity index (χ0n) is 6.14. The average Bonchev–Trinajstić information content (AvgIpc) is 2.05. The molecule has 0 aromatic heterocycles. The van der Waals surface area contributed by atoms with Crippen molar-refractivity contribution in [2.24, 2.45) is 5.92 Å². The van der Waals surface area contributed by atoms with E-state index in [4.69, 9.17) is 0 Å². The van der Waals surface area contributed by atoms with E-state index in [9.17, 15) is 0 Å². The summed E-state index contributed by atoms with van der Waals surface area (Å²) in [4.78, 5) is 0. The number of allylic oxidation sites excluding steroid dienone is 1. The molecular formula is C8H14N2. The molecule has 1 saturated heterocycles. The number of nitrogens with one attached hydrogen (secondary N) is 2. The van der Waals surface area contributed by atoms with Gasteiger partial charge < -0.3 is 10.6 Å². The van der Waals surface area contributed by atoms with Crippen molar-refractivity contribution in [3.63, 3.8) is 0 Å². The largest absolute Gasteiger partial charge is 0.304 e. The van der Waals surface area contributed by atoms with Gasteiger partial charge in [0.15, 0.2) is 0 Å². The molecule has 2 rings (SSSR count). The van der Waals surface area contributed by atoms with Crippen LogP contribution >= 0.6 is 0 Å². The smallest absolute Gasteiger partial charge is 0.0456 e. The predicted molar refractivity (Wildman–Crippen MR) is 41.7 cm³/mol. The molecule has 2 unspecified atom stereocenters. The van der Waals surface area contributed by atoms with Gasteiger partial charge in [0.25, 0.3) is 0 Å². The molecular weight excluding hydrogens is 124 g/mol. The number of hydrogen-bond acceptors (Lipinski definition) is 2. The van der Waals surface area contributed by atoms with E-state index >= 15 is 0 Å². The molecule has 0 saturated carbocycles. The van der Waals surface area contributed by atoms with E-state index in [-0.39, 0.29) is 0 Å². The Morgan fingerprint density at radius 2 is 2.10 bits per heavy atom. The molecule has 1 heterocycles. The Bertz CT molecular complexity index is 126. The van der Waals surface area contributed by atoms with Gasteiger partial charge in [0, 0.05) is 19.3 Å². The predicted octanol–water partition coefficient (Wildman–Crippen LogP) is 0.471. The second-order valence-corrected chi connectivity index (χ2v) is 3.14. The molecule has 1 fully saturated rings. The third-order valence-electron chi connectivity index (χ3n) is 2.46. The lowest BCUT2D eigenvalue weighted by Gasteiger charge is -2.34. The Kier molecular flexibility index (Phi) is 1.74. The first-order valence-corrected chi connectivity index (χ1v) is 4.06. The van der Waals surface area contributed by atoms with Crippen LogP contribution in [0.1, 0.15) is 12.8 Å². The van der Waals surface area contributed by atoms with Crippen molar-refractivity contribution in [2.45, 2.75) is 18.9 Å². The summed E-state index contributed by atoms with van der Waals surface area (Å²) >= 11 is 0. The zero-order chi connectivity index (χ0) is 6.81. The van der Waals surface area contributed by atoms with Crippen molar-refractivity contribution in [1.29, 1.82) is 0 Å². The highest BCUT2D eigenvalue weighted by molar-refractivity contribution is 4.99. The van der Waals surface area contributed by atoms with Gasteiger partial charge in [-0.05, 0) is 18.8 Å². The van der Waals surface area contributed by atoms with E-state index in [1.807, 2.05) is 0 Å². The lowest BCUT2D eigenvalue weighted by Crippen LogP contribution is -2.51. The van der Waals surface area contributed by atoms with Crippen LogP contribution < -0.4 is 10.6 Å². The molecule has 1 aliphatic carbocycles. The molecule has 0 aromatic rings. The number of rotatable bonds is 0. The van der Waals surface area contributed by atoms with Crippen molar-refractivity contribution in [1.82, 2.24) is 10.6 Å². The van der Waals surface area contributed by atoms with E-state index in [0.717, 1.165) is 18.6 Å². The quantitative estimate of drug-likeness (QED) is 0.475. The zero-order valence-corrected chi connectivity index (χ0v) is 6.14. The first-order chi connectivity index (χ1) is 4.97. The SMILES string of the molecule is C1=CCC2NCNCC2C1. The highest BCUT2D eigenvalue weighted by Gasteiger charge is 2.23. The summed E-state index contributed by atoms with van der Waals surface area (Å²) < 4.78 is 0. The molecule has 0 radical (unpaired) electrons. The van der Waals surface area contributed by atoms with Gasteiger partial charge in [0.05, 0.1) is 0 Å². The second-order valence-electron chi connectivity index (χ2n) is 3.14. The lowest BCUT2D eigenvalue weighted by molar-refractivity contribution is 0.273. The maximum Gasteiger partial charge on any atom is 0.0456 e. The molecule has 2 N–H and O–H groups in total. The van der Waals surface area contributed by atoms with Gasteiger partial charge in [-0.15, -0.1) is 0 Å². The summed E-state index contributed by atoms with van der Waals surface area (Å²) in [6, 6.07) is 0.756. The summed E-state index contributed by atoms with van der Waals surface area (Å²) in [6.45, 7) is 2.19. The van der Waals surface area contributed by atoms with Crippen LogP contribution in [-0.2, 0) is 0 Å². The van der Waals surface area contributed by atoms with Crippen LogP contribution in [0.3, 0.4) is 0 Å². The molecule has 0 aromatic carbocycles. The molecule has 0 amide bonds. The van der Waals surface area contributed by atoms with Gasteiger partial charge in [-0.2, -0.15) is 0 Å². The molecule has 1 aliphatic heterocycles. The fourth-order valence-corrected chi connectivity index (χ4v) is 1.81.